The highest BCUT2D eigenvalue weighted by atomic mass is 16.2. The molecule has 0 saturated carbocycles. The molecule has 0 spiro atoms. The van der Waals surface area contributed by atoms with E-state index in [0.29, 0.717) is 17.7 Å². The summed E-state index contributed by atoms with van der Waals surface area (Å²) in [6.45, 7) is 6.44. The van der Waals surface area contributed by atoms with E-state index >= 15 is 0 Å². The van der Waals surface area contributed by atoms with Crippen molar-refractivity contribution in [3.8, 4) is 0 Å². The van der Waals surface area contributed by atoms with Crippen molar-refractivity contribution >= 4 is 17.8 Å². The molecule has 0 radical (unpaired) electrons. The molecule has 4 amide bonds. The smallest absolute Gasteiger partial charge is 0.322 e. The molecule has 25 heavy (non-hydrogen) atoms. The van der Waals surface area contributed by atoms with E-state index in [0.717, 1.165) is 25.9 Å². The second-order valence-corrected chi connectivity index (χ2v) is 7.35. The molecule has 7 nitrogen and oxygen atoms in total. The van der Waals surface area contributed by atoms with Crippen LogP contribution in [0.1, 0.15) is 42.6 Å². The molecule has 1 aromatic carbocycles. The Balaban J connectivity index is 1.65. The Kier molecular flexibility index (Phi) is 4.51. The van der Waals surface area contributed by atoms with Gasteiger partial charge in [-0.05, 0) is 56.0 Å². The first-order valence-corrected chi connectivity index (χ1v) is 8.56. The van der Waals surface area contributed by atoms with Crippen molar-refractivity contribution in [2.75, 3.05) is 19.6 Å². The van der Waals surface area contributed by atoms with Crippen LogP contribution in [0.25, 0.3) is 0 Å². The standard InChI is InChI=1S/C18H24N4O3/c1-17(7-9-19-10-8-17)11-20-14(23)12-3-5-13(6-4-12)18(2)15(24)21-16(25)22-18/h3-6,19H,7-11H2,1-2H3,(H,20,23)(H2,21,22,24,25). The number of carbonyl (C=O) groups is 3. The molecule has 7 heteroatoms. The first-order chi connectivity index (χ1) is 11.8. The number of hydrogen-bond acceptors (Lipinski definition) is 4. The molecule has 4 N–H and O–H groups in total. The molecule has 0 bridgehead atoms. The SMILES string of the molecule is CC1(CNC(=O)c2ccc(C3(C)NC(=O)NC3=O)cc2)CCNCC1. The molecule has 134 valence electrons. The number of urea groups is 1. The van der Waals surface area contributed by atoms with Gasteiger partial charge in [-0.3, -0.25) is 14.9 Å². The molecule has 2 saturated heterocycles. The van der Waals surface area contributed by atoms with Crippen molar-refractivity contribution < 1.29 is 14.4 Å². The predicted octanol–water partition coefficient (Wildman–Crippen LogP) is 0.861. The highest BCUT2D eigenvalue weighted by molar-refractivity contribution is 6.07. The van der Waals surface area contributed by atoms with E-state index in [4.69, 9.17) is 0 Å². The van der Waals surface area contributed by atoms with Gasteiger partial charge < -0.3 is 16.0 Å². The summed E-state index contributed by atoms with van der Waals surface area (Å²) in [6.07, 6.45) is 2.08. The Hall–Kier alpha value is -2.41. The van der Waals surface area contributed by atoms with Crippen molar-refractivity contribution in [1.82, 2.24) is 21.3 Å². The highest BCUT2D eigenvalue weighted by Crippen LogP contribution is 2.27. The van der Waals surface area contributed by atoms with Crippen LogP contribution in [0.2, 0.25) is 0 Å². The number of imide groups is 1. The lowest BCUT2D eigenvalue weighted by Crippen LogP contribution is -2.43. The third-order valence-electron chi connectivity index (χ3n) is 5.26. The van der Waals surface area contributed by atoms with Crippen molar-refractivity contribution in [2.45, 2.75) is 32.2 Å². The largest absolute Gasteiger partial charge is 0.351 e. The van der Waals surface area contributed by atoms with Gasteiger partial charge in [-0.15, -0.1) is 0 Å². The number of hydrogen-bond donors (Lipinski definition) is 4. The summed E-state index contributed by atoms with van der Waals surface area (Å²) >= 11 is 0. The fourth-order valence-corrected chi connectivity index (χ4v) is 3.30. The van der Waals surface area contributed by atoms with Gasteiger partial charge in [0.25, 0.3) is 11.8 Å². The van der Waals surface area contributed by atoms with Crippen LogP contribution < -0.4 is 21.3 Å². The highest BCUT2D eigenvalue weighted by Gasteiger charge is 2.43. The van der Waals surface area contributed by atoms with E-state index in [-0.39, 0.29) is 11.3 Å². The summed E-state index contributed by atoms with van der Waals surface area (Å²) in [7, 11) is 0. The Morgan fingerprint density at radius 1 is 1.12 bits per heavy atom. The normalized spacial score (nSPS) is 25.2. The molecular formula is C18H24N4O3. The Morgan fingerprint density at radius 2 is 1.76 bits per heavy atom. The number of rotatable bonds is 4. The summed E-state index contributed by atoms with van der Waals surface area (Å²) < 4.78 is 0. The van der Waals surface area contributed by atoms with Crippen LogP contribution in [0.5, 0.6) is 0 Å². The van der Waals surface area contributed by atoms with E-state index in [9.17, 15) is 14.4 Å². The minimum absolute atomic E-state index is 0.126. The summed E-state index contributed by atoms with van der Waals surface area (Å²) in [4.78, 5) is 35.7. The minimum Gasteiger partial charge on any atom is -0.351 e. The molecule has 0 aliphatic carbocycles. The lowest BCUT2D eigenvalue weighted by molar-refractivity contribution is -0.123. The summed E-state index contributed by atoms with van der Waals surface area (Å²) in [5, 5.41) is 11.2. The quantitative estimate of drug-likeness (QED) is 0.609. The average molecular weight is 344 g/mol. The molecule has 0 aromatic heterocycles. The van der Waals surface area contributed by atoms with Gasteiger partial charge in [0.1, 0.15) is 5.54 Å². The molecule has 2 aliphatic rings. The molecule has 1 atom stereocenters. The third kappa shape index (κ3) is 3.51. The minimum atomic E-state index is -1.10. The van der Waals surface area contributed by atoms with Crippen LogP contribution in [-0.2, 0) is 10.3 Å². The van der Waals surface area contributed by atoms with Crippen LogP contribution in [0.4, 0.5) is 4.79 Å². The van der Waals surface area contributed by atoms with E-state index in [1.165, 1.54) is 0 Å². The van der Waals surface area contributed by atoms with Gasteiger partial charge in [0.2, 0.25) is 0 Å². The molecular weight excluding hydrogens is 320 g/mol. The number of nitrogens with one attached hydrogen (secondary N) is 4. The zero-order chi connectivity index (χ0) is 18.1. The lowest BCUT2D eigenvalue weighted by atomic mass is 9.81. The molecule has 2 aliphatic heterocycles. The lowest BCUT2D eigenvalue weighted by Gasteiger charge is -2.34. The number of carbonyl (C=O) groups excluding carboxylic acids is 3. The molecule has 2 fully saturated rings. The Bertz CT molecular complexity index is 695. The molecule has 1 unspecified atom stereocenters. The monoisotopic (exact) mass is 344 g/mol. The molecule has 3 rings (SSSR count). The molecule has 1 aromatic rings. The van der Waals surface area contributed by atoms with E-state index in [1.54, 1.807) is 31.2 Å². The molecule has 2 heterocycles. The second-order valence-electron chi connectivity index (χ2n) is 7.35. The summed E-state index contributed by atoms with van der Waals surface area (Å²) in [5.74, 6) is -0.523. The first kappa shape index (κ1) is 17.4. The number of benzene rings is 1. The van der Waals surface area contributed by atoms with Crippen LogP contribution in [0.3, 0.4) is 0 Å². The summed E-state index contributed by atoms with van der Waals surface area (Å²) in [5.41, 5.74) is 0.196. The van der Waals surface area contributed by atoms with Gasteiger partial charge in [-0.1, -0.05) is 19.1 Å². The van der Waals surface area contributed by atoms with Gasteiger partial charge in [0.15, 0.2) is 0 Å². The van der Waals surface area contributed by atoms with Gasteiger partial charge in [0, 0.05) is 12.1 Å². The number of piperidine rings is 1. The maximum Gasteiger partial charge on any atom is 0.322 e. The van der Waals surface area contributed by atoms with Crippen molar-refractivity contribution in [2.24, 2.45) is 5.41 Å². The van der Waals surface area contributed by atoms with Gasteiger partial charge in [-0.25, -0.2) is 4.79 Å². The van der Waals surface area contributed by atoms with Crippen molar-refractivity contribution in [1.29, 1.82) is 0 Å². The van der Waals surface area contributed by atoms with Crippen molar-refractivity contribution in [3.05, 3.63) is 35.4 Å². The van der Waals surface area contributed by atoms with E-state index in [2.05, 4.69) is 28.2 Å². The Labute approximate surface area is 146 Å². The third-order valence-corrected chi connectivity index (χ3v) is 5.26. The van der Waals surface area contributed by atoms with Crippen LogP contribution in [0.15, 0.2) is 24.3 Å². The van der Waals surface area contributed by atoms with E-state index < -0.39 is 17.5 Å². The zero-order valence-electron chi connectivity index (χ0n) is 14.6. The first-order valence-electron chi connectivity index (χ1n) is 8.56. The maximum atomic E-state index is 12.4. The zero-order valence-corrected chi connectivity index (χ0v) is 14.6. The fourth-order valence-electron chi connectivity index (χ4n) is 3.30. The average Bonchev–Trinajstić information content (AvgIpc) is 2.87. The van der Waals surface area contributed by atoms with E-state index in [1.807, 2.05) is 0 Å². The fraction of sp³-hybridized carbons (Fsp3) is 0.500. The summed E-state index contributed by atoms with van der Waals surface area (Å²) in [6, 6.07) is 6.25. The van der Waals surface area contributed by atoms with Gasteiger partial charge >= 0.3 is 6.03 Å². The van der Waals surface area contributed by atoms with Gasteiger partial charge in [-0.2, -0.15) is 0 Å². The second kappa shape index (κ2) is 6.48. The topological polar surface area (TPSA) is 99.3 Å². The Morgan fingerprint density at radius 3 is 2.32 bits per heavy atom. The van der Waals surface area contributed by atoms with Gasteiger partial charge in [0.05, 0.1) is 0 Å². The van der Waals surface area contributed by atoms with Crippen LogP contribution in [-0.4, -0.2) is 37.5 Å². The van der Waals surface area contributed by atoms with Crippen LogP contribution in [0, 0.1) is 5.41 Å². The number of amides is 4. The van der Waals surface area contributed by atoms with Crippen LogP contribution >= 0.6 is 0 Å². The maximum absolute atomic E-state index is 12.4. The van der Waals surface area contributed by atoms with Crippen molar-refractivity contribution in [3.63, 3.8) is 0 Å². The predicted molar refractivity (Wildman–Crippen MR) is 93.0 cm³/mol.